The lowest BCUT2D eigenvalue weighted by atomic mass is 10.6. The van der Waals surface area contributed by atoms with Crippen LogP contribution in [0.5, 0.6) is 0 Å². The first-order valence-corrected chi connectivity index (χ1v) is 1.36. The predicted octanol–water partition coefficient (Wildman–Crippen LogP) is -0.471. The molecule has 0 aliphatic rings. The van der Waals surface area contributed by atoms with Crippen molar-refractivity contribution in [3.63, 3.8) is 0 Å². The molecule has 0 spiro atoms. The first-order chi connectivity index (χ1) is 2.64. The van der Waals surface area contributed by atoms with Crippen LogP contribution in [0.15, 0.2) is 0 Å². The van der Waals surface area contributed by atoms with Gasteiger partial charge >= 0.3 is 0 Å². The topological polar surface area (TPSA) is 46.2 Å². The van der Waals surface area contributed by atoms with Crippen LogP contribution in [0, 0.1) is 0 Å². The minimum absolute atomic E-state index is 1.98. The number of alkyl halides is 2. The molecule has 0 aromatic heterocycles. The highest BCUT2D eigenvalue weighted by Crippen LogP contribution is 1.91. The molecule has 0 radical (unpaired) electrons. The van der Waals surface area contributed by atoms with Gasteiger partial charge in [0.25, 0.3) is 6.43 Å². The summed E-state index contributed by atoms with van der Waals surface area (Å²) in [6.07, 6.45) is -4.80. The minimum Gasteiger partial charge on any atom is -0.373 e. The molecule has 38 valence electrons. The van der Waals surface area contributed by atoms with Crippen molar-refractivity contribution in [2.24, 2.45) is 5.73 Å². The molecular formula is C2H5F2NO. The van der Waals surface area contributed by atoms with E-state index in [1.54, 1.807) is 0 Å². The van der Waals surface area contributed by atoms with Crippen LogP contribution < -0.4 is 5.73 Å². The highest BCUT2D eigenvalue weighted by atomic mass is 19.3. The lowest BCUT2D eigenvalue weighted by Crippen LogP contribution is -2.27. The van der Waals surface area contributed by atoms with Crippen LogP contribution in [-0.2, 0) is 0 Å². The molecule has 6 heavy (non-hydrogen) atoms. The van der Waals surface area contributed by atoms with Crippen molar-refractivity contribution in [2.45, 2.75) is 12.7 Å². The molecular weight excluding hydrogens is 92.0 g/mol. The van der Waals surface area contributed by atoms with Gasteiger partial charge in [-0.2, -0.15) is 0 Å². The summed E-state index contributed by atoms with van der Waals surface area (Å²) < 4.78 is 21.6. The molecule has 0 amide bonds. The van der Waals surface area contributed by atoms with Crippen molar-refractivity contribution in [2.75, 3.05) is 0 Å². The SMILES string of the molecule is N[C@H](O)C(F)F. The quantitative estimate of drug-likeness (QED) is 0.434. The van der Waals surface area contributed by atoms with Gasteiger partial charge in [-0.05, 0) is 0 Å². The van der Waals surface area contributed by atoms with Gasteiger partial charge in [0.2, 0.25) is 0 Å². The molecule has 0 bridgehead atoms. The Morgan fingerprint density at radius 3 is 1.67 bits per heavy atom. The maximum Gasteiger partial charge on any atom is 0.276 e. The van der Waals surface area contributed by atoms with E-state index in [0.717, 1.165) is 0 Å². The van der Waals surface area contributed by atoms with Crippen molar-refractivity contribution >= 4 is 0 Å². The van der Waals surface area contributed by atoms with Gasteiger partial charge in [-0.15, -0.1) is 0 Å². The third-order valence-electron chi connectivity index (χ3n) is 0.258. The molecule has 1 atom stereocenters. The van der Waals surface area contributed by atoms with Crippen molar-refractivity contribution in [3.05, 3.63) is 0 Å². The molecule has 0 heterocycles. The summed E-state index contributed by atoms with van der Waals surface area (Å²) in [6.45, 7) is 0. The Hall–Kier alpha value is -0.220. The minimum atomic E-state index is -2.81. The van der Waals surface area contributed by atoms with Crippen LogP contribution in [0.4, 0.5) is 8.78 Å². The van der Waals surface area contributed by atoms with Crippen LogP contribution in [-0.4, -0.2) is 17.8 Å². The summed E-state index contributed by atoms with van der Waals surface area (Å²) in [6, 6.07) is 0. The van der Waals surface area contributed by atoms with Crippen molar-refractivity contribution in [3.8, 4) is 0 Å². The van der Waals surface area contributed by atoms with E-state index in [-0.39, 0.29) is 0 Å². The first-order valence-electron chi connectivity index (χ1n) is 1.36. The number of nitrogens with two attached hydrogens (primary N) is 1. The second-order valence-electron chi connectivity index (χ2n) is 0.825. The maximum absolute atomic E-state index is 10.8. The second kappa shape index (κ2) is 2.04. The standard InChI is InChI=1S/C2H5F2NO/c3-1(4)2(5)6/h1-2,6H,5H2/t2-/m1/s1. The van der Waals surface area contributed by atoms with E-state index in [1.165, 1.54) is 0 Å². The Balaban J connectivity index is 2.99. The van der Waals surface area contributed by atoms with Crippen molar-refractivity contribution < 1.29 is 13.9 Å². The number of rotatable bonds is 1. The third-order valence-corrected chi connectivity index (χ3v) is 0.258. The van der Waals surface area contributed by atoms with E-state index in [1.807, 2.05) is 0 Å². The van der Waals surface area contributed by atoms with Crippen molar-refractivity contribution in [1.29, 1.82) is 0 Å². The largest absolute Gasteiger partial charge is 0.373 e. The number of aliphatic hydroxyl groups excluding tert-OH is 1. The van der Waals surface area contributed by atoms with E-state index in [4.69, 9.17) is 5.11 Å². The molecule has 3 N–H and O–H groups in total. The summed E-state index contributed by atoms with van der Waals surface area (Å²) in [5.74, 6) is 0. The molecule has 0 unspecified atom stereocenters. The van der Waals surface area contributed by atoms with Crippen LogP contribution in [0.1, 0.15) is 0 Å². The van der Waals surface area contributed by atoms with Gasteiger partial charge < -0.3 is 10.8 Å². The molecule has 0 rings (SSSR count). The van der Waals surface area contributed by atoms with E-state index >= 15 is 0 Å². The fourth-order valence-corrected chi connectivity index (χ4v) is 0. The van der Waals surface area contributed by atoms with Crippen LogP contribution >= 0.6 is 0 Å². The van der Waals surface area contributed by atoms with Crippen LogP contribution in [0.2, 0.25) is 0 Å². The lowest BCUT2D eigenvalue weighted by molar-refractivity contribution is -0.000168. The first kappa shape index (κ1) is 5.78. The molecule has 0 saturated carbocycles. The molecule has 4 heteroatoms. The van der Waals surface area contributed by atoms with Gasteiger partial charge in [0.15, 0.2) is 6.23 Å². The van der Waals surface area contributed by atoms with E-state index < -0.39 is 12.7 Å². The molecule has 0 aromatic carbocycles. The van der Waals surface area contributed by atoms with Gasteiger partial charge in [-0.1, -0.05) is 0 Å². The van der Waals surface area contributed by atoms with Gasteiger partial charge in [-0.25, -0.2) is 8.78 Å². The second-order valence-corrected chi connectivity index (χ2v) is 0.825. The molecule has 0 aromatic rings. The summed E-state index contributed by atoms with van der Waals surface area (Å²) in [7, 11) is 0. The number of halogens is 2. The third kappa shape index (κ3) is 2.04. The number of hydrogen-bond acceptors (Lipinski definition) is 2. The Bertz CT molecular complexity index is 32.5. The van der Waals surface area contributed by atoms with Gasteiger partial charge in [-0.3, -0.25) is 0 Å². The summed E-state index contributed by atoms with van der Waals surface area (Å²) >= 11 is 0. The predicted molar refractivity (Wildman–Crippen MR) is 16.2 cm³/mol. The Morgan fingerprint density at radius 2 is 1.67 bits per heavy atom. The number of aliphatic hydroxyl groups is 1. The molecule has 2 nitrogen and oxygen atoms in total. The van der Waals surface area contributed by atoms with Crippen molar-refractivity contribution in [1.82, 2.24) is 0 Å². The summed E-state index contributed by atoms with van der Waals surface area (Å²) in [5, 5.41) is 7.66. The fourth-order valence-electron chi connectivity index (χ4n) is 0. The Morgan fingerprint density at radius 1 is 1.50 bits per heavy atom. The maximum atomic E-state index is 10.8. The Kier molecular flexibility index (Phi) is 1.97. The zero-order chi connectivity index (χ0) is 5.15. The summed E-state index contributed by atoms with van der Waals surface area (Å²) in [4.78, 5) is 0. The molecule has 0 aliphatic heterocycles. The monoisotopic (exact) mass is 97.0 g/mol. The van der Waals surface area contributed by atoms with Crippen LogP contribution in [0.3, 0.4) is 0 Å². The van der Waals surface area contributed by atoms with E-state index in [9.17, 15) is 8.78 Å². The van der Waals surface area contributed by atoms with E-state index in [2.05, 4.69) is 5.73 Å². The average Bonchev–Trinajstić information content (AvgIpc) is 1.36. The highest BCUT2D eigenvalue weighted by molar-refractivity contribution is 4.41. The van der Waals surface area contributed by atoms with Gasteiger partial charge in [0.05, 0.1) is 0 Å². The lowest BCUT2D eigenvalue weighted by Gasteiger charge is -1.97. The zero-order valence-corrected chi connectivity index (χ0v) is 2.94. The smallest absolute Gasteiger partial charge is 0.276 e. The highest BCUT2D eigenvalue weighted by Gasteiger charge is 2.08. The Labute approximate surface area is 33.6 Å². The van der Waals surface area contributed by atoms with E-state index in [0.29, 0.717) is 0 Å². The molecule has 0 saturated heterocycles. The van der Waals surface area contributed by atoms with Crippen LogP contribution in [0.25, 0.3) is 0 Å². The average molecular weight is 97.1 g/mol. The molecule has 0 aliphatic carbocycles. The normalized spacial score (nSPS) is 15.5. The van der Waals surface area contributed by atoms with Gasteiger partial charge in [0, 0.05) is 0 Å². The zero-order valence-electron chi connectivity index (χ0n) is 2.94. The number of hydrogen-bond donors (Lipinski definition) is 2. The molecule has 0 fully saturated rings. The summed E-state index contributed by atoms with van der Waals surface area (Å²) in [5.41, 5.74) is 4.24. The fraction of sp³-hybridized carbons (Fsp3) is 1.00. The van der Waals surface area contributed by atoms with Gasteiger partial charge in [0.1, 0.15) is 0 Å².